The normalized spacial score (nSPS) is 25.5. The van der Waals surface area contributed by atoms with Gasteiger partial charge in [0, 0.05) is 57.1 Å². The van der Waals surface area contributed by atoms with E-state index < -0.39 is 9.84 Å². The molecule has 0 saturated carbocycles. The van der Waals surface area contributed by atoms with Crippen LogP contribution in [-0.2, 0) is 14.6 Å². The highest BCUT2D eigenvalue weighted by Gasteiger charge is 2.34. The van der Waals surface area contributed by atoms with E-state index in [9.17, 15) is 13.2 Å². The summed E-state index contributed by atoms with van der Waals surface area (Å²) in [6, 6.07) is 8.61. The molecule has 3 fully saturated rings. The van der Waals surface area contributed by atoms with E-state index in [0.717, 1.165) is 38.2 Å². The van der Waals surface area contributed by atoms with E-state index in [1.165, 1.54) is 31.4 Å². The molecule has 0 unspecified atom stereocenters. The van der Waals surface area contributed by atoms with Gasteiger partial charge in [0.25, 0.3) is 0 Å². The average molecular weight is 432 g/mol. The van der Waals surface area contributed by atoms with E-state index >= 15 is 0 Å². The van der Waals surface area contributed by atoms with Crippen LogP contribution in [0, 0.1) is 0 Å². The predicted octanol–water partition coefficient (Wildman–Crippen LogP) is 2.41. The third-order valence-electron chi connectivity index (χ3n) is 6.63. The molecule has 1 amide bonds. The fourth-order valence-corrected chi connectivity index (χ4v) is 6.53. The molecule has 1 aromatic carbocycles. The van der Waals surface area contributed by atoms with Gasteiger partial charge in [-0.05, 0) is 43.0 Å². The molecule has 3 heterocycles. The van der Waals surface area contributed by atoms with Crippen molar-refractivity contribution in [2.45, 2.75) is 38.1 Å². The van der Waals surface area contributed by atoms with Gasteiger partial charge in [0.2, 0.25) is 5.91 Å². The monoisotopic (exact) mass is 431 g/mol. The Hall–Kier alpha value is -1.86. The number of rotatable bonds is 4. The summed E-state index contributed by atoms with van der Waals surface area (Å²) in [5.41, 5.74) is 2.31. The van der Waals surface area contributed by atoms with E-state index in [1.807, 2.05) is 11.0 Å². The van der Waals surface area contributed by atoms with Gasteiger partial charge in [0.15, 0.2) is 9.84 Å². The Morgan fingerprint density at radius 3 is 2.17 bits per heavy atom. The van der Waals surface area contributed by atoms with Crippen LogP contribution in [0.4, 0.5) is 5.69 Å². The number of carbonyl (C=O) groups is 1. The van der Waals surface area contributed by atoms with Crippen molar-refractivity contribution in [3.05, 3.63) is 35.9 Å². The van der Waals surface area contributed by atoms with Gasteiger partial charge in [-0.2, -0.15) is 0 Å². The summed E-state index contributed by atoms with van der Waals surface area (Å²) in [6.45, 7) is 5.09. The predicted molar refractivity (Wildman–Crippen MR) is 121 cm³/mol. The van der Waals surface area contributed by atoms with Crippen LogP contribution in [0.3, 0.4) is 0 Å². The third kappa shape index (κ3) is 5.43. The molecule has 164 valence electrons. The van der Waals surface area contributed by atoms with Crippen molar-refractivity contribution in [2.75, 3.05) is 55.7 Å². The fourth-order valence-electron chi connectivity index (χ4n) is 4.77. The first-order chi connectivity index (χ1) is 14.5. The van der Waals surface area contributed by atoms with E-state index in [2.05, 4.69) is 34.1 Å². The molecule has 7 heteroatoms. The van der Waals surface area contributed by atoms with Crippen LogP contribution in [0.25, 0.3) is 6.08 Å². The number of hydrogen-bond donors (Lipinski definition) is 0. The number of sulfone groups is 1. The summed E-state index contributed by atoms with van der Waals surface area (Å²) >= 11 is 0. The molecule has 3 saturated heterocycles. The smallest absolute Gasteiger partial charge is 0.246 e. The molecule has 0 bridgehead atoms. The minimum Gasteiger partial charge on any atom is -0.372 e. The van der Waals surface area contributed by atoms with Gasteiger partial charge in [0.05, 0.1) is 11.5 Å². The highest BCUT2D eigenvalue weighted by molar-refractivity contribution is 7.91. The summed E-state index contributed by atoms with van der Waals surface area (Å²) in [5, 5.41) is 0. The minimum absolute atomic E-state index is 0.0327. The number of carbonyl (C=O) groups excluding carboxylic acids is 1. The number of hydrogen-bond acceptors (Lipinski definition) is 5. The molecule has 0 spiro atoms. The molecule has 0 aliphatic carbocycles. The van der Waals surface area contributed by atoms with E-state index in [1.54, 1.807) is 6.08 Å². The van der Waals surface area contributed by atoms with E-state index in [4.69, 9.17) is 0 Å². The third-order valence-corrected chi connectivity index (χ3v) is 8.38. The molecular weight excluding hydrogens is 398 g/mol. The second-order valence-electron chi connectivity index (χ2n) is 8.74. The number of nitrogens with zero attached hydrogens (tertiary/aromatic N) is 3. The number of piperazine rings is 1. The van der Waals surface area contributed by atoms with Gasteiger partial charge < -0.3 is 9.80 Å². The maximum Gasteiger partial charge on any atom is 0.246 e. The maximum absolute atomic E-state index is 12.6. The largest absolute Gasteiger partial charge is 0.372 e. The molecule has 0 N–H and O–H groups in total. The molecule has 3 aliphatic rings. The Kier molecular flexibility index (Phi) is 6.78. The quantitative estimate of drug-likeness (QED) is 0.685. The highest BCUT2D eigenvalue weighted by atomic mass is 32.2. The standard InChI is InChI=1S/C23H33N3O3S/c27-23(26-16-14-25(15-17-26)22-11-18-30(28,29)19-22)10-7-20-5-8-21(9-6-20)24-12-3-1-2-4-13-24/h5-10,22H,1-4,11-19H2/b10-7+/t22-/m0/s1. The molecular formula is C23H33N3O3S. The fraction of sp³-hybridized carbons (Fsp3) is 0.609. The Morgan fingerprint density at radius 2 is 1.57 bits per heavy atom. The summed E-state index contributed by atoms with van der Waals surface area (Å²) < 4.78 is 23.4. The summed E-state index contributed by atoms with van der Waals surface area (Å²) in [4.78, 5) is 19.1. The summed E-state index contributed by atoms with van der Waals surface area (Å²) in [5.74, 6) is 0.606. The zero-order valence-electron chi connectivity index (χ0n) is 17.7. The van der Waals surface area contributed by atoms with Crippen molar-refractivity contribution in [3.63, 3.8) is 0 Å². The lowest BCUT2D eigenvalue weighted by Gasteiger charge is -2.37. The van der Waals surface area contributed by atoms with Crippen LogP contribution in [0.15, 0.2) is 30.3 Å². The molecule has 3 aliphatic heterocycles. The van der Waals surface area contributed by atoms with Crippen molar-refractivity contribution >= 4 is 27.5 Å². The summed E-state index contributed by atoms with van der Waals surface area (Å²) in [7, 11) is -2.86. The van der Waals surface area contributed by atoms with Gasteiger partial charge in [-0.1, -0.05) is 25.0 Å². The molecule has 0 radical (unpaired) electrons. The molecule has 4 rings (SSSR count). The van der Waals surface area contributed by atoms with Crippen LogP contribution < -0.4 is 4.90 Å². The zero-order chi connectivity index (χ0) is 21.0. The first-order valence-electron chi connectivity index (χ1n) is 11.3. The molecule has 6 nitrogen and oxygen atoms in total. The average Bonchev–Trinajstić information content (AvgIpc) is 2.95. The van der Waals surface area contributed by atoms with Gasteiger partial charge >= 0.3 is 0 Å². The van der Waals surface area contributed by atoms with Crippen molar-refractivity contribution in [2.24, 2.45) is 0 Å². The number of benzene rings is 1. The van der Waals surface area contributed by atoms with Crippen LogP contribution in [0.1, 0.15) is 37.7 Å². The van der Waals surface area contributed by atoms with E-state index in [0.29, 0.717) is 18.8 Å². The molecule has 0 aromatic heterocycles. The first-order valence-corrected chi connectivity index (χ1v) is 13.1. The zero-order valence-corrected chi connectivity index (χ0v) is 18.5. The van der Waals surface area contributed by atoms with Gasteiger partial charge in [-0.15, -0.1) is 0 Å². The Bertz CT molecular complexity index is 850. The van der Waals surface area contributed by atoms with Crippen molar-refractivity contribution in [1.29, 1.82) is 0 Å². The Balaban J connectivity index is 1.27. The van der Waals surface area contributed by atoms with E-state index in [-0.39, 0.29) is 17.7 Å². The maximum atomic E-state index is 12.6. The lowest BCUT2D eigenvalue weighted by atomic mass is 10.1. The topological polar surface area (TPSA) is 60.9 Å². The van der Waals surface area contributed by atoms with Gasteiger partial charge in [-0.3, -0.25) is 9.69 Å². The van der Waals surface area contributed by atoms with Crippen LogP contribution >= 0.6 is 0 Å². The molecule has 30 heavy (non-hydrogen) atoms. The van der Waals surface area contributed by atoms with Crippen LogP contribution in [-0.4, -0.2) is 80.9 Å². The second kappa shape index (κ2) is 9.52. The van der Waals surface area contributed by atoms with Crippen LogP contribution in [0.2, 0.25) is 0 Å². The highest BCUT2D eigenvalue weighted by Crippen LogP contribution is 2.21. The van der Waals surface area contributed by atoms with Gasteiger partial charge in [-0.25, -0.2) is 8.42 Å². The Morgan fingerprint density at radius 1 is 0.900 bits per heavy atom. The molecule has 1 aromatic rings. The SMILES string of the molecule is O=C(/C=C/c1ccc(N2CCCCCC2)cc1)N1CCN([C@H]2CCS(=O)(=O)C2)CC1. The lowest BCUT2D eigenvalue weighted by molar-refractivity contribution is -0.127. The number of anilines is 1. The minimum atomic E-state index is -2.86. The van der Waals surface area contributed by atoms with Crippen molar-refractivity contribution in [1.82, 2.24) is 9.80 Å². The number of amides is 1. The lowest BCUT2D eigenvalue weighted by Crippen LogP contribution is -2.52. The molecule has 1 atom stereocenters. The van der Waals surface area contributed by atoms with Gasteiger partial charge in [0.1, 0.15) is 0 Å². The summed E-state index contributed by atoms with van der Waals surface area (Å²) in [6.07, 6.45) is 9.46. The van der Waals surface area contributed by atoms with Crippen molar-refractivity contribution < 1.29 is 13.2 Å². The van der Waals surface area contributed by atoms with Crippen LogP contribution in [0.5, 0.6) is 0 Å². The first kappa shape index (κ1) is 21.4. The Labute approximate surface area is 180 Å². The van der Waals surface area contributed by atoms with Crippen molar-refractivity contribution in [3.8, 4) is 0 Å². The second-order valence-corrected chi connectivity index (χ2v) is 11.0.